The van der Waals surface area contributed by atoms with Crippen LogP contribution in [0.3, 0.4) is 0 Å². The van der Waals surface area contributed by atoms with Crippen molar-refractivity contribution in [1.82, 2.24) is 19.9 Å². The highest BCUT2D eigenvalue weighted by Gasteiger charge is 2.81. The molecule has 3 unspecified atom stereocenters. The predicted octanol–water partition coefficient (Wildman–Crippen LogP) is 4.49. The number of likely N-dealkylation sites (N-methyl/N-ethyl adjacent to an activating group) is 1. The molecule has 2 aromatic rings. The van der Waals surface area contributed by atoms with Crippen molar-refractivity contribution in [3.63, 3.8) is 0 Å². The van der Waals surface area contributed by atoms with Crippen molar-refractivity contribution in [3.05, 3.63) is 87.9 Å². The number of aliphatic hydroxyl groups is 1. The molecule has 7 heterocycles. The van der Waals surface area contributed by atoms with Gasteiger partial charge in [-0.15, -0.1) is 0 Å². The van der Waals surface area contributed by atoms with E-state index in [0.717, 1.165) is 75.4 Å². The number of esters is 3. The second kappa shape index (κ2) is 15.1. The molecule has 13 nitrogen and oxygen atoms in total. The maximum absolute atomic E-state index is 15.5. The van der Waals surface area contributed by atoms with E-state index >= 15 is 4.79 Å². The summed E-state index contributed by atoms with van der Waals surface area (Å²) in [5.74, 6) is -1.56. The third-order valence-corrected chi connectivity index (χ3v) is 16.7. The van der Waals surface area contributed by atoms with E-state index in [1.54, 1.807) is 7.11 Å². The summed E-state index contributed by atoms with van der Waals surface area (Å²) in [4.78, 5) is 50.1. The highest BCUT2D eigenvalue weighted by Crippen LogP contribution is 2.70. The van der Waals surface area contributed by atoms with Crippen LogP contribution < -0.4 is 5.46 Å². The largest absolute Gasteiger partial charge is 0.468 e. The standard InChI is InChI=1S/C50H60BN4O9/c1-10-30-19-31-23-49(45(57)61-8,41-34(26-54(24-30)25-31)33-20-32(13-14-37(33)51-41)40-27(3)52-64-28(40)4)36-21-35-38(22-39(36)60-7)53(6)43-48(35)16-18-55-17-12-15-47(11-2,42(48)55)44(63-29(5)56)50(43,59)46(58)62-9/h12-15,19-22,31,36,39,42-44,59H,10-11,16-18,23-26H2,1-9H3/t31-,36?,39?,42+,43-,44-,47-,48-,49+,50+/m1/s1. The number of hydrogen-bond donors (Lipinski definition) is 1. The average Bonchev–Trinajstić information content (AvgIpc) is 4.03. The molecule has 0 amide bonds. The minimum absolute atomic E-state index is 0.0343. The lowest BCUT2D eigenvalue weighted by Crippen LogP contribution is -2.79. The summed E-state index contributed by atoms with van der Waals surface area (Å²) in [6.45, 7) is 13.1. The van der Waals surface area contributed by atoms with Crippen molar-refractivity contribution in [1.29, 1.82) is 0 Å². The summed E-state index contributed by atoms with van der Waals surface area (Å²) in [7, 11) is 8.57. The fourth-order valence-electron chi connectivity index (χ4n) is 14.5. The van der Waals surface area contributed by atoms with Crippen LogP contribution in [0, 0.1) is 41.9 Å². The quantitative estimate of drug-likeness (QED) is 0.173. The van der Waals surface area contributed by atoms with Crippen LogP contribution in [-0.2, 0) is 33.3 Å². The normalized spacial score (nSPS) is 36.8. The van der Waals surface area contributed by atoms with Gasteiger partial charge in [-0.1, -0.05) is 71.9 Å². The molecular weight excluding hydrogens is 811 g/mol. The van der Waals surface area contributed by atoms with Gasteiger partial charge in [0.25, 0.3) is 0 Å². The molecular formula is C50H60BN4O9. The summed E-state index contributed by atoms with van der Waals surface area (Å²) in [5, 5.41) is 17.7. The minimum atomic E-state index is -2.28. The van der Waals surface area contributed by atoms with Crippen LogP contribution in [0.2, 0.25) is 0 Å². The van der Waals surface area contributed by atoms with E-state index in [9.17, 15) is 14.7 Å². The van der Waals surface area contributed by atoms with Gasteiger partial charge in [-0.25, -0.2) is 4.79 Å². The maximum Gasteiger partial charge on any atom is 0.344 e. The van der Waals surface area contributed by atoms with Gasteiger partial charge in [-0.2, -0.15) is 0 Å². The van der Waals surface area contributed by atoms with Crippen molar-refractivity contribution in [2.24, 2.45) is 28.1 Å². The lowest BCUT2D eigenvalue weighted by atomic mass is 9.46. The van der Waals surface area contributed by atoms with Gasteiger partial charge < -0.3 is 33.5 Å². The Bertz CT molecular complexity index is 2490. The number of allylic oxidation sites excluding steroid dienone is 1. The van der Waals surface area contributed by atoms with Crippen LogP contribution in [0.1, 0.15) is 63.5 Å². The first-order valence-corrected chi connectivity index (χ1v) is 22.9. The Kier molecular flexibility index (Phi) is 10.2. The van der Waals surface area contributed by atoms with E-state index in [-0.39, 0.29) is 17.9 Å². The Balaban J connectivity index is 1.23. The highest BCUT2D eigenvalue weighted by molar-refractivity contribution is 6.67. The third kappa shape index (κ3) is 5.57. The Morgan fingerprint density at radius 2 is 1.81 bits per heavy atom. The van der Waals surface area contributed by atoms with Crippen LogP contribution in [0.25, 0.3) is 16.7 Å². The number of carbonyl (C=O) groups excluding carboxylic acids is 3. The molecule has 64 heavy (non-hydrogen) atoms. The number of likely N-dealkylation sites (tertiary alicyclic amines) is 1. The highest BCUT2D eigenvalue weighted by atomic mass is 16.6. The molecule has 10 rings (SSSR count). The molecule has 11 atom stereocenters. The molecule has 3 fully saturated rings. The Labute approximate surface area is 376 Å². The maximum atomic E-state index is 15.5. The summed E-state index contributed by atoms with van der Waals surface area (Å²) in [5.41, 5.74) is 4.68. The van der Waals surface area contributed by atoms with Gasteiger partial charge in [-0.05, 0) is 86.4 Å². The van der Waals surface area contributed by atoms with Crippen LogP contribution in [0.4, 0.5) is 0 Å². The Morgan fingerprint density at radius 1 is 1.03 bits per heavy atom. The summed E-state index contributed by atoms with van der Waals surface area (Å²) >= 11 is 0. The van der Waals surface area contributed by atoms with Crippen molar-refractivity contribution >= 4 is 36.2 Å². The number of aromatic nitrogens is 1. The average molecular weight is 872 g/mol. The van der Waals surface area contributed by atoms with E-state index in [4.69, 9.17) is 23.5 Å². The minimum Gasteiger partial charge on any atom is -0.468 e. The second-order valence-corrected chi connectivity index (χ2v) is 19.5. The topological polar surface area (TPSA) is 144 Å². The number of benzene rings is 1. The molecule has 14 heteroatoms. The number of methoxy groups -OCH3 is 3. The van der Waals surface area contributed by atoms with Gasteiger partial charge in [0, 0.05) is 81.3 Å². The fourth-order valence-corrected chi connectivity index (χ4v) is 14.5. The Morgan fingerprint density at radius 3 is 2.48 bits per heavy atom. The summed E-state index contributed by atoms with van der Waals surface area (Å²) in [6.07, 6.45) is 11.5. The molecule has 2 saturated heterocycles. The molecule has 1 aromatic heterocycles. The number of fused-ring (bicyclic) bond motifs is 5. The lowest BCUT2D eigenvalue weighted by Gasteiger charge is -2.63. The molecule has 337 valence electrons. The molecule has 2 aliphatic carbocycles. The van der Waals surface area contributed by atoms with Crippen LogP contribution >= 0.6 is 0 Å². The van der Waals surface area contributed by atoms with E-state index < -0.39 is 58.0 Å². The predicted molar refractivity (Wildman–Crippen MR) is 240 cm³/mol. The molecule has 1 aromatic carbocycles. The smallest absolute Gasteiger partial charge is 0.344 e. The van der Waals surface area contributed by atoms with Gasteiger partial charge in [-0.3, -0.25) is 19.4 Å². The molecule has 1 spiro atoms. The van der Waals surface area contributed by atoms with Crippen molar-refractivity contribution in [2.45, 2.75) is 90.2 Å². The molecule has 1 radical (unpaired) electrons. The van der Waals surface area contributed by atoms with Gasteiger partial charge in [0.15, 0.2) is 13.4 Å². The van der Waals surface area contributed by atoms with Gasteiger partial charge in [0.05, 0.1) is 37.5 Å². The van der Waals surface area contributed by atoms with E-state index in [0.29, 0.717) is 38.9 Å². The first-order chi connectivity index (χ1) is 30.7. The SMILES string of the molecule is CCC1=C[C@H]2CN(C1)CC1=C([B]c3ccc(-c4c(C)noc4C)cc31)[C@@](C(=O)OC)(C1C=C3C(=CC1OC)N(C)[C@H]1[C@@](O)(C(=O)OC)[C@H](OC(C)=O)[C@]4(CC)C=CCN5CC[C@]31[C@@H]54)C2. The molecule has 6 aliphatic heterocycles. The lowest BCUT2D eigenvalue weighted by molar-refractivity contribution is -0.243. The van der Waals surface area contributed by atoms with Crippen LogP contribution in [0.15, 0.2) is 75.4 Å². The monoisotopic (exact) mass is 871 g/mol. The number of rotatable bonds is 8. The van der Waals surface area contributed by atoms with E-state index in [1.165, 1.54) is 26.7 Å². The van der Waals surface area contributed by atoms with Crippen molar-refractivity contribution < 1.29 is 43.0 Å². The van der Waals surface area contributed by atoms with Crippen molar-refractivity contribution in [2.75, 3.05) is 61.1 Å². The number of hydrogen-bond acceptors (Lipinski definition) is 13. The first-order valence-electron chi connectivity index (χ1n) is 22.9. The molecule has 8 aliphatic rings. The third-order valence-electron chi connectivity index (χ3n) is 16.7. The Hall–Kier alpha value is -4.76. The zero-order valence-electron chi connectivity index (χ0n) is 38.5. The molecule has 1 saturated carbocycles. The molecule has 2 bridgehead atoms. The number of aryl methyl sites for hydroxylation is 2. The van der Waals surface area contributed by atoms with E-state index in [1.807, 2.05) is 32.7 Å². The van der Waals surface area contributed by atoms with Gasteiger partial charge >= 0.3 is 17.9 Å². The molecule has 1 N–H and O–H groups in total. The van der Waals surface area contributed by atoms with Gasteiger partial charge in [0.1, 0.15) is 5.76 Å². The van der Waals surface area contributed by atoms with Crippen molar-refractivity contribution in [3.8, 4) is 11.1 Å². The van der Waals surface area contributed by atoms with Gasteiger partial charge in [0.2, 0.25) is 5.60 Å². The number of carbonyl (C=O) groups is 3. The summed E-state index contributed by atoms with van der Waals surface area (Å²) in [6, 6.07) is 5.32. The van der Waals surface area contributed by atoms with Crippen LogP contribution in [-0.4, -0.2) is 141 Å². The zero-order chi connectivity index (χ0) is 45.2. The van der Waals surface area contributed by atoms with E-state index in [2.05, 4.69) is 77.7 Å². The zero-order valence-corrected chi connectivity index (χ0v) is 38.5. The number of nitrogens with zero attached hydrogens (tertiary/aromatic N) is 4. The fraction of sp³-hybridized carbons (Fsp3) is 0.560. The first kappa shape index (κ1) is 43.2. The second-order valence-electron chi connectivity index (χ2n) is 19.5. The van der Waals surface area contributed by atoms with Crippen LogP contribution in [0.5, 0.6) is 0 Å². The summed E-state index contributed by atoms with van der Waals surface area (Å²) < 4.78 is 30.0. The number of ether oxygens (including phenoxy) is 4.